The minimum atomic E-state index is -0.256. The molecular weight excluding hydrogens is 214 g/mol. The summed E-state index contributed by atoms with van der Waals surface area (Å²) in [7, 11) is 0. The van der Waals surface area contributed by atoms with E-state index in [1.54, 1.807) is 0 Å². The second-order valence-corrected chi connectivity index (χ2v) is 4.86. The number of nitrogens with one attached hydrogen (secondary N) is 1. The summed E-state index contributed by atoms with van der Waals surface area (Å²) < 4.78 is 0. The van der Waals surface area contributed by atoms with Gasteiger partial charge in [0.25, 0.3) is 0 Å². The number of hydrogen-bond acceptors (Lipinski definition) is 3. The Morgan fingerprint density at radius 1 is 1.29 bits per heavy atom. The van der Waals surface area contributed by atoms with Crippen LogP contribution in [0.5, 0.6) is 5.75 Å². The molecule has 0 amide bonds. The third-order valence-corrected chi connectivity index (χ3v) is 3.02. The van der Waals surface area contributed by atoms with Gasteiger partial charge in [-0.05, 0) is 31.4 Å². The number of phenols is 1. The van der Waals surface area contributed by atoms with Crippen molar-refractivity contribution >= 4 is 0 Å². The normalized spacial score (nSPS) is 13.0. The van der Waals surface area contributed by atoms with Gasteiger partial charge in [-0.25, -0.2) is 0 Å². The summed E-state index contributed by atoms with van der Waals surface area (Å²) in [6.07, 6.45) is 0.484. The molecule has 0 aliphatic heterocycles. The molecule has 0 bridgehead atoms. The Morgan fingerprint density at radius 3 is 2.65 bits per heavy atom. The topological polar surface area (TPSA) is 52.5 Å². The van der Waals surface area contributed by atoms with Crippen molar-refractivity contribution < 1.29 is 10.2 Å². The lowest BCUT2D eigenvalue weighted by atomic mass is 10.0. The molecule has 96 valence electrons. The SMILES string of the molecule is Cc1cccc(CNCCC(O)C(C)C)c1O. The Labute approximate surface area is 103 Å². The molecule has 1 unspecified atom stereocenters. The largest absolute Gasteiger partial charge is 0.507 e. The zero-order valence-electron chi connectivity index (χ0n) is 10.9. The molecule has 17 heavy (non-hydrogen) atoms. The summed E-state index contributed by atoms with van der Waals surface area (Å²) in [4.78, 5) is 0. The van der Waals surface area contributed by atoms with Gasteiger partial charge in [-0.15, -0.1) is 0 Å². The highest BCUT2D eigenvalue weighted by Crippen LogP contribution is 2.20. The van der Waals surface area contributed by atoms with Gasteiger partial charge in [0.2, 0.25) is 0 Å². The van der Waals surface area contributed by atoms with Crippen LogP contribution in [0.25, 0.3) is 0 Å². The van der Waals surface area contributed by atoms with Crippen molar-refractivity contribution in [2.75, 3.05) is 6.54 Å². The molecule has 0 aromatic heterocycles. The first-order valence-electron chi connectivity index (χ1n) is 6.18. The first-order valence-corrected chi connectivity index (χ1v) is 6.18. The van der Waals surface area contributed by atoms with Crippen LogP contribution >= 0.6 is 0 Å². The van der Waals surface area contributed by atoms with Crippen LogP contribution in [-0.4, -0.2) is 22.9 Å². The molecular formula is C14H23NO2. The molecule has 0 spiro atoms. The first-order chi connectivity index (χ1) is 8.02. The number of rotatable bonds is 6. The van der Waals surface area contributed by atoms with Crippen molar-refractivity contribution in [3.8, 4) is 5.75 Å². The lowest BCUT2D eigenvalue weighted by molar-refractivity contribution is 0.116. The van der Waals surface area contributed by atoms with Gasteiger partial charge in [0.05, 0.1) is 6.10 Å². The Kier molecular flexibility index (Phi) is 5.45. The van der Waals surface area contributed by atoms with Gasteiger partial charge >= 0.3 is 0 Å². The molecule has 0 aliphatic rings. The van der Waals surface area contributed by atoms with E-state index >= 15 is 0 Å². The molecule has 0 heterocycles. The molecule has 0 radical (unpaired) electrons. The quantitative estimate of drug-likeness (QED) is 0.665. The Balaban J connectivity index is 2.34. The van der Waals surface area contributed by atoms with Crippen LogP contribution < -0.4 is 5.32 Å². The van der Waals surface area contributed by atoms with Crippen molar-refractivity contribution in [3.63, 3.8) is 0 Å². The second kappa shape index (κ2) is 6.62. The summed E-state index contributed by atoms with van der Waals surface area (Å²) in [6.45, 7) is 7.31. The van der Waals surface area contributed by atoms with E-state index in [-0.39, 0.29) is 6.10 Å². The van der Waals surface area contributed by atoms with Crippen LogP contribution in [0.15, 0.2) is 18.2 Å². The first kappa shape index (κ1) is 14.0. The van der Waals surface area contributed by atoms with Gasteiger partial charge in [0.15, 0.2) is 0 Å². The molecule has 0 saturated carbocycles. The Morgan fingerprint density at radius 2 is 2.00 bits per heavy atom. The molecule has 1 aromatic rings. The lowest BCUT2D eigenvalue weighted by Gasteiger charge is -2.14. The number of benzene rings is 1. The minimum absolute atomic E-state index is 0.256. The number of aliphatic hydroxyl groups is 1. The number of hydrogen-bond donors (Lipinski definition) is 3. The van der Waals surface area contributed by atoms with Crippen molar-refractivity contribution in [3.05, 3.63) is 29.3 Å². The maximum atomic E-state index is 9.80. The van der Waals surface area contributed by atoms with Crippen LogP contribution in [0.4, 0.5) is 0 Å². The Bertz CT molecular complexity index is 350. The fourth-order valence-corrected chi connectivity index (χ4v) is 1.67. The zero-order valence-corrected chi connectivity index (χ0v) is 10.9. The number of aliphatic hydroxyl groups excluding tert-OH is 1. The highest BCUT2D eigenvalue weighted by molar-refractivity contribution is 5.39. The van der Waals surface area contributed by atoms with Crippen molar-refractivity contribution in [2.24, 2.45) is 5.92 Å². The van der Waals surface area contributed by atoms with E-state index in [1.807, 2.05) is 39.0 Å². The standard InChI is InChI=1S/C14H23NO2/c1-10(2)13(16)7-8-15-9-12-6-4-5-11(3)14(12)17/h4-6,10,13,15-17H,7-9H2,1-3H3. The van der Waals surface area contributed by atoms with E-state index in [2.05, 4.69) is 5.32 Å². The van der Waals surface area contributed by atoms with Crippen molar-refractivity contribution in [2.45, 2.75) is 39.8 Å². The third kappa shape index (κ3) is 4.36. The van der Waals surface area contributed by atoms with Crippen LogP contribution in [0.1, 0.15) is 31.4 Å². The number of phenolic OH excluding ortho intramolecular Hbond substituents is 1. The molecule has 3 nitrogen and oxygen atoms in total. The zero-order chi connectivity index (χ0) is 12.8. The molecule has 1 rings (SSSR count). The van der Waals surface area contributed by atoms with Crippen molar-refractivity contribution in [1.29, 1.82) is 0 Å². The predicted molar refractivity (Wildman–Crippen MR) is 70.0 cm³/mol. The third-order valence-electron chi connectivity index (χ3n) is 3.02. The number of para-hydroxylation sites is 1. The number of aryl methyl sites for hydroxylation is 1. The van der Waals surface area contributed by atoms with E-state index in [4.69, 9.17) is 0 Å². The lowest BCUT2D eigenvalue weighted by Crippen LogP contribution is -2.23. The average molecular weight is 237 g/mol. The maximum Gasteiger partial charge on any atom is 0.122 e. The summed E-state index contributed by atoms with van der Waals surface area (Å²) in [5, 5.41) is 22.7. The predicted octanol–water partition coefficient (Wildman–Crippen LogP) is 2.20. The van der Waals surface area contributed by atoms with E-state index in [1.165, 1.54) is 0 Å². The van der Waals surface area contributed by atoms with E-state index in [9.17, 15) is 10.2 Å². The minimum Gasteiger partial charge on any atom is -0.507 e. The summed E-state index contributed by atoms with van der Waals surface area (Å²) in [5.74, 6) is 0.661. The number of aromatic hydroxyl groups is 1. The summed E-state index contributed by atoms with van der Waals surface area (Å²) >= 11 is 0. The van der Waals surface area contributed by atoms with Gasteiger partial charge in [-0.3, -0.25) is 0 Å². The highest BCUT2D eigenvalue weighted by atomic mass is 16.3. The van der Waals surface area contributed by atoms with E-state index < -0.39 is 0 Å². The van der Waals surface area contributed by atoms with Gasteiger partial charge in [0.1, 0.15) is 5.75 Å². The molecule has 1 aromatic carbocycles. The molecule has 3 N–H and O–H groups in total. The fourth-order valence-electron chi connectivity index (χ4n) is 1.67. The second-order valence-electron chi connectivity index (χ2n) is 4.86. The molecule has 0 aliphatic carbocycles. The average Bonchev–Trinajstić information content (AvgIpc) is 2.29. The van der Waals surface area contributed by atoms with Crippen LogP contribution in [0.3, 0.4) is 0 Å². The van der Waals surface area contributed by atoms with Crippen LogP contribution in [0, 0.1) is 12.8 Å². The summed E-state index contributed by atoms with van der Waals surface area (Å²) in [6, 6.07) is 5.74. The van der Waals surface area contributed by atoms with Crippen LogP contribution in [0.2, 0.25) is 0 Å². The smallest absolute Gasteiger partial charge is 0.122 e. The summed E-state index contributed by atoms with van der Waals surface area (Å²) in [5.41, 5.74) is 1.80. The van der Waals surface area contributed by atoms with E-state index in [0.717, 1.165) is 24.1 Å². The van der Waals surface area contributed by atoms with E-state index in [0.29, 0.717) is 18.2 Å². The van der Waals surface area contributed by atoms with Gasteiger partial charge in [-0.1, -0.05) is 32.0 Å². The van der Waals surface area contributed by atoms with Gasteiger partial charge < -0.3 is 15.5 Å². The highest BCUT2D eigenvalue weighted by Gasteiger charge is 2.08. The van der Waals surface area contributed by atoms with Gasteiger partial charge in [-0.2, -0.15) is 0 Å². The molecule has 1 atom stereocenters. The Hall–Kier alpha value is -1.06. The van der Waals surface area contributed by atoms with Crippen molar-refractivity contribution in [1.82, 2.24) is 5.32 Å². The van der Waals surface area contributed by atoms with Crippen LogP contribution in [-0.2, 0) is 6.54 Å². The maximum absolute atomic E-state index is 9.80. The van der Waals surface area contributed by atoms with Gasteiger partial charge in [0, 0.05) is 12.1 Å². The molecule has 3 heteroatoms. The fraction of sp³-hybridized carbons (Fsp3) is 0.571. The monoisotopic (exact) mass is 237 g/mol. The molecule has 0 saturated heterocycles. The molecule has 0 fully saturated rings.